The van der Waals surface area contributed by atoms with Crippen molar-refractivity contribution < 1.29 is 4.39 Å². The number of nitrogens with zero attached hydrogens (tertiary/aromatic N) is 3. The van der Waals surface area contributed by atoms with E-state index in [1.165, 1.54) is 12.3 Å². The SMILES string of the molecule is CCNCCc1cn(Cc2cncc(F)c2)cn1. The van der Waals surface area contributed by atoms with Crippen LogP contribution in [0.5, 0.6) is 0 Å². The first-order valence-electron chi connectivity index (χ1n) is 6.08. The van der Waals surface area contributed by atoms with E-state index in [0.29, 0.717) is 6.54 Å². The molecule has 2 aromatic rings. The number of nitrogens with one attached hydrogen (secondary N) is 1. The summed E-state index contributed by atoms with van der Waals surface area (Å²) < 4.78 is 14.9. The molecule has 0 amide bonds. The van der Waals surface area contributed by atoms with Gasteiger partial charge in [-0.3, -0.25) is 4.98 Å². The van der Waals surface area contributed by atoms with Gasteiger partial charge in [0.1, 0.15) is 5.82 Å². The molecule has 18 heavy (non-hydrogen) atoms. The quantitative estimate of drug-likeness (QED) is 0.790. The highest BCUT2D eigenvalue weighted by Gasteiger charge is 2.01. The van der Waals surface area contributed by atoms with E-state index in [1.54, 1.807) is 12.5 Å². The molecule has 4 nitrogen and oxygen atoms in total. The lowest BCUT2D eigenvalue weighted by atomic mass is 10.3. The minimum atomic E-state index is -0.306. The number of hydrogen-bond acceptors (Lipinski definition) is 3. The van der Waals surface area contributed by atoms with Gasteiger partial charge in [-0.05, 0) is 18.2 Å². The summed E-state index contributed by atoms with van der Waals surface area (Å²) in [5, 5.41) is 3.25. The second-order valence-corrected chi connectivity index (χ2v) is 4.15. The van der Waals surface area contributed by atoms with Crippen molar-refractivity contribution in [2.75, 3.05) is 13.1 Å². The minimum Gasteiger partial charge on any atom is -0.333 e. The van der Waals surface area contributed by atoms with E-state index in [9.17, 15) is 4.39 Å². The summed E-state index contributed by atoms with van der Waals surface area (Å²) in [6.45, 7) is 4.57. The topological polar surface area (TPSA) is 42.7 Å². The average Bonchev–Trinajstić information content (AvgIpc) is 2.77. The highest BCUT2D eigenvalue weighted by Crippen LogP contribution is 2.05. The molecule has 0 fully saturated rings. The van der Waals surface area contributed by atoms with Crippen LogP contribution in [0.3, 0.4) is 0 Å². The van der Waals surface area contributed by atoms with E-state index in [2.05, 4.69) is 22.2 Å². The molecule has 0 spiro atoms. The number of likely N-dealkylation sites (N-methyl/N-ethyl adjacent to an activating group) is 1. The third kappa shape index (κ3) is 3.63. The van der Waals surface area contributed by atoms with Crippen molar-refractivity contribution >= 4 is 0 Å². The molecule has 5 heteroatoms. The van der Waals surface area contributed by atoms with Gasteiger partial charge in [0.25, 0.3) is 0 Å². The van der Waals surface area contributed by atoms with Gasteiger partial charge in [-0.2, -0.15) is 0 Å². The molecule has 0 saturated carbocycles. The fraction of sp³-hybridized carbons (Fsp3) is 0.385. The maximum absolute atomic E-state index is 13.0. The van der Waals surface area contributed by atoms with Crippen molar-refractivity contribution in [1.29, 1.82) is 0 Å². The normalized spacial score (nSPS) is 10.8. The molecule has 2 rings (SSSR count). The summed E-state index contributed by atoms with van der Waals surface area (Å²) in [6, 6.07) is 1.49. The molecule has 0 atom stereocenters. The number of rotatable bonds is 6. The zero-order chi connectivity index (χ0) is 12.8. The summed E-state index contributed by atoms with van der Waals surface area (Å²) in [5.41, 5.74) is 1.88. The van der Waals surface area contributed by atoms with E-state index in [-0.39, 0.29) is 5.82 Å². The van der Waals surface area contributed by atoms with Gasteiger partial charge in [-0.15, -0.1) is 0 Å². The highest BCUT2D eigenvalue weighted by molar-refractivity contribution is 5.11. The summed E-state index contributed by atoms with van der Waals surface area (Å²) in [5.74, 6) is -0.306. The summed E-state index contributed by atoms with van der Waals surface area (Å²) in [7, 11) is 0. The Morgan fingerprint density at radius 1 is 1.39 bits per heavy atom. The monoisotopic (exact) mass is 248 g/mol. The van der Waals surface area contributed by atoms with Crippen LogP contribution in [0.15, 0.2) is 31.0 Å². The maximum atomic E-state index is 13.0. The fourth-order valence-corrected chi connectivity index (χ4v) is 1.77. The van der Waals surface area contributed by atoms with Crippen LogP contribution < -0.4 is 5.32 Å². The molecule has 0 aliphatic rings. The van der Waals surface area contributed by atoms with E-state index in [1.807, 2.05) is 10.8 Å². The first-order chi connectivity index (χ1) is 8.78. The lowest BCUT2D eigenvalue weighted by Gasteiger charge is -2.01. The molecule has 0 bridgehead atoms. The summed E-state index contributed by atoms with van der Waals surface area (Å²) >= 11 is 0. The first kappa shape index (κ1) is 12.7. The van der Waals surface area contributed by atoms with Crippen LogP contribution in [0.2, 0.25) is 0 Å². The lowest BCUT2D eigenvalue weighted by molar-refractivity contribution is 0.616. The third-order valence-corrected chi connectivity index (χ3v) is 2.62. The van der Waals surface area contributed by atoms with Crippen LogP contribution in [0.1, 0.15) is 18.2 Å². The Balaban J connectivity index is 1.94. The Bertz CT molecular complexity index is 495. The van der Waals surface area contributed by atoms with Gasteiger partial charge >= 0.3 is 0 Å². The van der Waals surface area contributed by atoms with E-state index in [0.717, 1.165) is 30.8 Å². The number of aromatic nitrogens is 3. The van der Waals surface area contributed by atoms with Crippen LogP contribution in [0.25, 0.3) is 0 Å². The van der Waals surface area contributed by atoms with Gasteiger partial charge < -0.3 is 9.88 Å². The molecule has 0 aliphatic heterocycles. The van der Waals surface area contributed by atoms with Crippen molar-refractivity contribution in [3.8, 4) is 0 Å². The van der Waals surface area contributed by atoms with Gasteiger partial charge in [-0.1, -0.05) is 6.92 Å². The fourth-order valence-electron chi connectivity index (χ4n) is 1.77. The minimum absolute atomic E-state index is 0.306. The van der Waals surface area contributed by atoms with E-state index < -0.39 is 0 Å². The van der Waals surface area contributed by atoms with Gasteiger partial charge in [0.15, 0.2) is 0 Å². The predicted octanol–water partition coefficient (Wildman–Crippen LogP) is 1.62. The second kappa shape index (κ2) is 6.26. The third-order valence-electron chi connectivity index (χ3n) is 2.62. The molecule has 0 saturated heterocycles. The van der Waals surface area contributed by atoms with Crippen molar-refractivity contribution in [1.82, 2.24) is 19.9 Å². The van der Waals surface area contributed by atoms with Gasteiger partial charge in [0.05, 0.1) is 24.8 Å². The second-order valence-electron chi connectivity index (χ2n) is 4.15. The Kier molecular flexibility index (Phi) is 4.41. The number of halogens is 1. The summed E-state index contributed by atoms with van der Waals surface area (Å²) in [6.07, 6.45) is 7.54. The van der Waals surface area contributed by atoms with Crippen LogP contribution >= 0.6 is 0 Å². The molecule has 0 aliphatic carbocycles. The highest BCUT2D eigenvalue weighted by atomic mass is 19.1. The number of imidazole rings is 1. The Labute approximate surface area is 106 Å². The van der Waals surface area contributed by atoms with Crippen molar-refractivity contribution in [2.24, 2.45) is 0 Å². The molecular formula is C13H17FN4. The molecule has 0 radical (unpaired) electrons. The van der Waals surface area contributed by atoms with Crippen LogP contribution in [-0.2, 0) is 13.0 Å². The first-order valence-corrected chi connectivity index (χ1v) is 6.08. The smallest absolute Gasteiger partial charge is 0.141 e. The van der Waals surface area contributed by atoms with Crippen LogP contribution in [-0.4, -0.2) is 27.6 Å². The zero-order valence-electron chi connectivity index (χ0n) is 10.4. The van der Waals surface area contributed by atoms with Crippen molar-refractivity contribution in [3.63, 3.8) is 0 Å². The van der Waals surface area contributed by atoms with Gasteiger partial charge in [0, 0.05) is 25.4 Å². The number of hydrogen-bond donors (Lipinski definition) is 1. The average molecular weight is 248 g/mol. The standard InChI is InChI=1S/C13H17FN4/c1-2-15-4-3-13-9-18(10-17-13)8-11-5-12(14)7-16-6-11/h5-7,9-10,15H,2-4,8H2,1H3. The molecule has 0 unspecified atom stereocenters. The molecule has 96 valence electrons. The molecule has 2 aromatic heterocycles. The molecule has 0 aromatic carbocycles. The molecule has 1 N–H and O–H groups in total. The van der Waals surface area contributed by atoms with Gasteiger partial charge in [-0.25, -0.2) is 9.37 Å². The van der Waals surface area contributed by atoms with Crippen molar-refractivity contribution in [3.05, 3.63) is 48.1 Å². The lowest BCUT2D eigenvalue weighted by Crippen LogP contribution is -2.16. The van der Waals surface area contributed by atoms with Crippen LogP contribution in [0.4, 0.5) is 4.39 Å². The van der Waals surface area contributed by atoms with Crippen LogP contribution in [0, 0.1) is 5.82 Å². The largest absolute Gasteiger partial charge is 0.333 e. The van der Waals surface area contributed by atoms with E-state index >= 15 is 0 Å². The maximum Gasteiger partial charge on any atom is 0.141 e. The van der Waals surface area contributed by atoms with Crippen molar-refractivity contribution in [2.45, 2.75) is 19.9 Å². The zero-order valence-corrected chi connectivity index (χ0v) is 10.4. The Morgan fingerprint density at radius 3 is 3.06 bits per heavy atom. The molecular weight excluding hydrogens is 231 g/mol. The summed E-state index contributed by atoms with van der Waals surface area (Å²) in [4.78, 5) is 8.14. The Morgan fingerprint density at radius 2 is 2.28 bits per heavy atom. The Hall–Kier alpha value is -1.75. The number of pyridine rings is 1. The predicted molar refractivity (Wildman–Crippen MR) is 67.8 cm³/mol. The van der Waals surface area contributed by atoms with Gasteiger partial charge in [0.2, 0.25) is 0 Å². The molecule has 2 heterocycles. The van der Waals surface area contributed by atoms with E-state index in [4.69, 9.17) is 0 Å².